The van der Waals surface area contributed by atoms with Crippen LogP contribution in [0.4, 0.5) is 9.18 Å². The van der Waals surface area contributed by atoms with Crippen molar-refractivity contribution >= 4 is 6.16 Å². The Kier molecular flexibility index (Phi) is 9.76. The van der Waals surface area contributed by atoms with Crippen LogP contribution in [0.1, 0.15) is 88.7 Å². The van der Waals surface area contributed by atoms with Gasteiger partial charge in [0.1, 0.15) is 17.3 Å². The fraction of sp³-hybridized carbons (Fsp3) is 0.424. The second kappa shape index (κ2) is 13.4. The number of hydrogen-bond donors (Lipinski definition) is 0. The smallest absolute Gasteiger partial charge is 0.395 e. The van der Waals surface area contributed by atoms with E-state index in [4.69, 9.17) is 9.47 Å². The van der Waals surface area contributed by atoms with Crippen molar-refractivity contribution in [3.8, 4) is 22.6 Å². The summed E-state index contributed by atoms with van der Waals surface area (Å²) in [6.07, 6.45) is 11.4. The van der Waals surface area contributed by atoms with Crippen LogP contribution in [0.2, 0.25) is 0 Å². The summed E-state index contributed by atoms with van der Waals surface area (Å²) in [5.41, 5.74) is 3.61. The van der Waals surface area contributed by atoms with Gasteiger partial charge in [-0.05, 0) is 91.0 Å². The molecule has 3 nitrogen and oxygen atoms in total. The van der Waals surface area contributed by atoms with Gasteiger partial charge in [0, 0.05) is 5.56 Å². The third kappa shape index (κ3) is 7.67. The van der Waals surface area contributed by atoms with Gasteiger partial charge in [-0.15, -0.1) is 0 Å². The Morgan fingerprint density at radius 2 is 1.46 bits per heavy atom. The van der Waals surface area contributed by atoms with E-state index >= 15 is 4.39 Å². The zero-order chi connectivity index (χ0) is 26.0. The summed E-state index contributed by atoms with van der Waals surface area (Å²) in [5.74, 6) is 1.88. The number of unbranched alkanes of at least 4 members (excludes halogenated alkanes) is 2. The number of carbonyl (C=O) groups is 1. The zero-order valence-corrected chi connectivity index (χ0v) is 22.2. The Morgan fingerprint density at radius 3 is 2.05 bits per heavy atom. The average Bonchev–Trinajstić information content (AvgIpc) is 2.91. The first-order valence-electron chi connectivity index (χ1n) is 13.9. The van der Waals surface area contributed by atoms with Gasteiger partial charge in [0.15, 0.2) is 0 Å². The normalized spacial score (nSPS) is 17.4. The van der Waals surface area contributed by atoms with Crippen molar-refractivity contribution in [2.75, 3.05) is 0 Å². The van der Waals surface area contributed by atoms with Crippen molar-refractivity contribution < 1.29 is 18.7 Å². The molecule has 0 spiro atoms. The van der Waals surface area contributed by atoms with Gasteiger partial charge >= 0.3 is 6.16 Å². The van der Waals surface area contributed by atoms with Crippen LogP contribution in [0.5, 0.6) is 11.5 Å². The number of hydrogen-bond acceptors (Lipinski definition) is 3. The maximum absolute atomic E-state index is 15.1. The second-order valence-corrected chi connectivity index (χ2v) is 10.3. The van der Waals surface area contributed by atoms with E-state index in [9.17, 15) is 4.79 Å². The molecule has 0 N–H and O–H groups in total. The largest absolute Gasteiger partial charge is 0.519 e. The minimum absolute atomic E-state index is 0.206. The topological polar surface area (TPSA) is 35.5 Å². The molecule has 1 saturated carbocycles. The quantitative estimate of drug-likeness (QED) is 0.157. The number of ether oxygens (including phenoxy) is 2. The third-order valence-corrected chi connectivity index (χ3v) is 7.56. The maximum Gasteiger partial charge on any atom is 0.519 e. The molecule has 4 heteroatoms. The SMILES string of the molecule is CCCCC[C@H]1CC[C@H](c2ccc(-c3ccc(OC(=O)Oc4ccc(CCC)cc4)cc3)c(F)c2)CC1. The molecule has 0 bridgehead atoms. The molecule has 0 aliphatic heterocycles. The first-order chi connectivity index (χ1) is 18.1. The van der Waals surface area contributed by atoms with E-state index < -0.39 is 6.16 Å². The van der Waals surface area contributed by atoms with Gasteiger partial charge in [-0.25, -0.2) is 9.18 Å². The van der Waals surface area contributed by atoms with Gasteiger partial charge in [-0.2, -0.15) is 0 Å². The molecule has 0 atom stereocenters. The van der Waals surface area contributed by atoms with Crippen LogP contribution in [0.15, 0.2) is 66.7 Å². The molecule has 0 unspecified atom stereocenters. The Morgan fingerprint density at radius 1 is 0.811 bits per heavy atom. The van der Waals surface area contributed by atoms with Gasteiger partial charge in [0.25, 0.3) is 0 Å². The number of benzene rings is 3. The van der Waals surface area contributed by atoms with Crippen molar-refractivity contribution in [3.63, 3.8) is 0 Å². The van der Waals surface area contributed by atoms with Crippen molar-refractivity contribution in [2.45, 2.75) is 84.0 Å². The highest BCUT2D eigenvalue weighted by atomic mass is 19.1. The van der Waals surface area contributed by atoms with Crippen LogP contribution >= 0.6 is 0 Å². The lowest BCUT2D eigenvalue weighted by Crippen LogP contribution is -2.13. The first-order valence-corrected chi connectivity index (χ1v) is 13.9. The van der Waals surface area contributed by atoms with Crippen molar-refractivity contribution in [2.24, 2.45) is 5.92 Å². The van der Waals surface area contributed by atoms with Crippen molar-refractivity contribution in [3.05, 3.63) is 83.7 Å². The summed E-state index contributed by atoms with van der Waals surface area (Å²) in [6, 6.07) is 19.9. The summed E-state index contributed by atoms with van der Waals surface area (Å²) in [7, 11) is 0. The molecular weight excluding hydrogens is 463 g/mol. The molecule has 1 aliphatic rings. The minimum Gasteiger partial charge on any atom is -0.395 e. The maximum atomic E-state index is 15.1. The van der Waals surface area contributed by atoms with Crippen LogP contribution in [0.3, 0.4) is 0 Å². The predicted octanol–water partition coefficient (Wildman–Crippen LogP) is 9.88. The lowest BCUT2D eigenvalue weighted by atomic mass is 9.77. The van der Waals surface area contributed by atoms with Crippen LogP contribution < -0.4 is 9.47 Å². The van der Waals surface area contributed by atoms with Gasteiger partial charge in [-0.1, -0.05) is 82.3 Å². The molecule has 1 fully saturated rings. The summed E-state index contributed by atoms with van der Waals surface area (Å²) >= 11 is 0. The van der Waals surface area contributed by atoms with Crippen LogP contribution in [0.25, 0.3) is 11.1 Å². The van der Waals surface area contributed by atoms with Crippen LogP contribution in [-0.2, 0) is 6.42 Å². The molecule has 37 heavy (non-hydrogen) atoms. The lowest BCUT2D eigenvalue weighted by molar-refractivity contribution is 0.152. The first kappa shape index (κ1) is 26.9. The van der Waals surface area contributed by atoms with Gasteiger partial charge < -0.3 is 9.47 Å². The van der Waals surface area contributed by atoms with Crippen LogP contribution in [-0.4, -0.2) is 6.16 Å². The number of halogens is 1. The van der Waals surface area contributed by atoms with E-state index in [1.54, 1.807) is 42.5 Å². The van der Waals surface area contributed by atoms with Gasteiger partial charge in [0.05, 0.1) is 0 Å². The fourth-order valence-electron chi connectivity index (χ4n) is 5.42. The Balaban J connectivity index is 1.31. The second-order valence-electron chi connectivity index (χ2n) is 10.3. The number of aryl methyl sites for hydroxylation is 1. The zero-order valence-electron chi connectivity index (χ0n) is 22.2. The Labute approximate surface area is 221 Å². The molecule has 3 aromatic rings. The van der Waals surface area contributed by atoms with E-state index in [2.05, 4.69) is 19.9 Å². The van der Waals surface area contributed by atoms with Gasteiger partial charge in [-0.3, -0.25) is 0 Å². The van der Waals surface area contributed by atoms with E-state index in [0.29, 0.717) is 23.0 Å². The minimum atomic E-state index is -0.799. The van der Waals surface area contributed by atoms with Gasteiger partial charge in [0.2, 0.25) is 0 Å². The fourth-order valence-corrected chi connectivity index (χ4v) is 5.42. The molecule has 0 radical (unpaired) electrons. The molecule has 1 aliphatic carbocycles. The highest BCUT2D eigenvalue weighted by molar-refractivity contribution is 5.69. The summed E-state index contributed by atoms with van der Waals surface area (Å²) in [5, 5.41) is 0. The average molecular weight is 503 g/mol. The van der Waals surface area contributed by atoms with Crippen molar-refractivity contribution in [1.82, 2.24) is 0 Å². The van der Waals surface area contributed by atoms with E-state index in [-0.39, 0.29) is 5.82 Å². The predicted molar refractivity (Wildman–Crippen MR) is 148 cm³/mol. The molecule has 3 aromatic carbocycles. The molecule has 0 saturated heterocycles. The summed E-state index contributed by atoms with van der Waals surface area (Å²) in [6.45, 7) is 4.38. The van der Waals surface area contributed by atoms with E-state index in [0.717, 1.165) is 42.7 Å². The lowest BCUT2D eigenvalue weighted by Gasteiger charge is -2.29. The molecule has 196 valence electrons. The highest BCUT2D eigenvalue weighted by Gasteiger charge is 2.23. The van der Waals surface area contributed by atoms with E-state index in [1.807, 2.05) is 18.2 Å². The monoisotopic (exact) mass is 502 g/mol. The molecule has 0 heterocycles. The molecule has 4 rings (SSSR count). The van der Waals surface area contributed by atoms with Crippen molar-refractivity contribution in [1.29, 1.82) is 0 Å². The van der Waals surface area contributed by atoms with E-state index in [1.165, 1.54) is 44.1 Å². The standard InChI is InChI=1S/C33H39FO3/c1-3-5-6-8-25-9-13-26(14-10-25)28-17-22-31(32(34)23-28)27-15-20-30(21-16-27)37-33(35)36-29-18-11-24(7-4-2)12-19-29/h11-12,15-23,25-26H,3-10,13-14H2,1-2H3/t25-,26-. The summed E-state index contributed by atoms with van der Waals surface area (Å²) < 4.78 is 25.7. The molecule has 0 amide bonds. The Hall–Kier alpha value is -3.14. The molecular formula is C33H39FO3. The number of carbonyl (C=O) groups excluding carboxylic acids is 1. The highest BCUT2D eigenvalue weighted by Crippen LogP contribution is 2.39. The Bertz CT molecular complexity index is 1130. The third-order valence-electron chi connectivity index (χ3n) is 7.56. The molecule has 0 aromatic heterocycles. The van der Waals surface area contributed by atoms with Crippen LogP contribution in [0, 0.1) is 11.7 Å². The number of rotatable bonds is 10. The summed E-state index contributed by atoms with van der Waals surface area (Å²) in [4.78, 5) is 12.2.